The van der Waals surface area contributed by atoms with Crippen LogP contribution in [0.5, 0.6) is 17.2 Å². The van der Waals surface area contributed by atoms with Crippen LogP contribution in [0.25, 0.3) is 0 Å². The summed E-state index contributed by atoms with van der Waals surface area (Å²) in [6.45, 7) is 6.62. The van der Waals surface area contributed by atoms with Gasteiger partial charge in [-0.25, -0.2) is 0 Å². The number of benzene rings is 2. The zero-order valence-corrected chi connectivity index (χ0v) is 38.2. The van der Waals surface area contributed by atoms with E-state index < -0.39 is 107 Å². The summed E-state index contributed by atoms with van der Waals surface area (Å²) >= 11 is 0. The van der Waals surface area contributed by atoms with Gasteiger partial charge in [-0.3, -0.25) is 48.6 Å². The number of hydrogen-bond donors (Lipinski definition) is 6. The first-order valence-corrected chi connectivity index (χ1v) is 22.9. The maximum atomic E-state index is 14.3. The molecule has 3 saturated heterocycles. The SMILES string of the molecule is COc1cccc2c1C(=O)c1c(O)c3c(c(O)c1C2=O)C[C@@H](C(=O)NC1CCN(C(=O)[C@H](C)NC(=O)[C@H](C)NC(=O)CCN2C(=O)C=CC2=O)C1)C[C@@H]3O[C@H]1CC[C@H](O[C@@H]2COCCN2)[C@H](C)O1. The average molecular weight is 945 g/mol. The van der Waals surface area contributed by atoms with Crippen LogP contribution in [-0.2, 0) is 54.1 Å². The molecule has 1 unspecified atom stereocenters. The summed E-state index contributed by atoms with van der Waals surface area (Å²) in [4.78, 5) is 107. The third-order valence-electron chi connectivity index (χ3n) is 13.3. The number of nitrogens with zero attached hydrogens (tertiary/aromatic N) is 2. The number of phenolic OH excluding ortho intramolecular Hbond substituents is 2. The molecule has 3 fully saturated rings. The van der Waals surface area contributed by atoms with Gasteiger partial charge < -0.3 is 54.7 Å². The fraction of sp³-hybridized carbons (Fsp3) is 0.532. The van der Waals surface area contributed by atoms with Crippen LogP contribution in [0.2, 0.25) is 0 Å². The molecule has 2 aliphatic carbocycles. The number of likely N-dealkylation sites (tertiary alicyclic amines) is 1. The molecule has 8 rings (SSSR count). The number of hydrogen-bond acceptors (Lipinski definition) is 16. The molecule has 0 saturated carbocycles. The number of imide groups is 1. The third-order valence-corrected chi connectivity index (χ3v) is 13.3. The monoisotopic (exact) mass is 944 g/mol. The van der Waals surface area contributed by atoms with Crippen molar-refractivity contribution in [3.63, 3.8) is 0 Å². The van der Waals surface area contributed by atoms with E-state index in [1.807, 2.05) is 6.92 Å². The normalized spacial score (nSPS) is 26.4. The minimum atomic E-state index is -1.09. The molecule has 2 aromatic rings. The number of carbonyl (C=O) groups is 8. The standard InChI is InChI=1S/C47H56N6O15/c1-22(49-32(54)13-16-53-34(55)9-10-35(53)56)45(61)50-23(2)47(63)52-15-12-26(20-52)51-46(62)25-18-28-38(31(19-25)68-36-11-8-29(24(3)66-36)67-33-21-65-17-14-48-33)44(60)40-39(42(28)58)41(57)27-6-5-7-30(64-4)37(27)43(40)59/h5-7,9-10,22-26,29,31,33,36,48,58,60H,8,11-21H2,1-4H3,(H,49,54)(H,50,61)(H,51,62)/t22-,23-,24-,25+,26?,29-,31-,33+,36-/m0/s1. The second-order valence-electron chi connectivity index (χ2n) is 17.9. The molecule has 68 heavy (non-hydrogen) atoms. The number of carbonyl (C=O) groups excluding carboxylic acids is 8. The van der Waals surface area contributed by atoms with Crippen molar-refractivity contribution in [2.45, 2.75) is 108 Å². The van der Waals surface area contributed by atoms with Crippen molar-refractivity contribution < 1.29 is 72.3 Å². The number of aromatic hydroxyl groups is 2. The lowest BCUT2D eigenvalue weighted by Gasteiger charge is -2.40. The minimum absolute atomic E-state index is 0.0109. The van der Waals surface area contributed by atoms with Crippen molar-refractivity contribution in [1.29, 1.82) is 0 Å². The van der Waals surface area contributed by atoms with E-state index in [1.165, 1.54) is 38.0 Å². The van der Waals surface area contributed by atoms with E-state index in [2.05, 4.69) is 21.3 Å². The van der Waals surface area contributed by atoms with Crippen LogP contribution >= 0.6 is 0 Å². The molecule has 21 heteroatoms. The lowest BCUT2D eigenvalue weighted by Crippen LogP contribution is -2.52. The predicted molar refractivity (Wildman–Crippen MR) is 235 cm³/mol. The molecule has 2 aromatic carbocycles. The van der Waals surface area contributed by atoms with Crippen molar-refractivity contribution in [3.8, 4) is 17.2 Å². The predicted octanol–water partition coefficient (Wildman–Crippen LogP) is 0.400. The quantitative estimate of drug-likeness (QED) is 0.0943. The maximum absolute atomic E-state index is 14.3. The van der Waals surface area contributed by atoms with Crippen molar-refractivity contribution in [2.75, 3.05) is 46.5 Å². The van der Waals surface area contributed by atoms with E-state index in [9.17, 15) is 48.6 Å². The van der Waals surface area contributed by atoms with Gasteiger partial charge in [-0.2, -0.15) is 0 Å². The molecule has 6 amide bonds. The summed E-state index contributed by atoms with van der Waals surface area (Å²) in [7, 11) is 1.35. The van der Waals surface area contributed by atoms with Crippen LogP contribution in [0.3, 0.4) is 0 Å². The Labute approximate surface area is 391 Å². The molecule has 0 bridgehead atoms. The van der Waals surface area contributed by atoms with Gasteiger partial charge in [-0.05, 0) is 52.5 Å². The Morgan fingerprint density at radius 1 is 0.926 bits per heavy atom. The molecule has 0 spiro atoms. The first-order chi connectivity index (χ1) is 32.5. The fourth-order valence-corrected chi connectivity index (χ4v) is 9.75. The van der Waals surface area contributed by atoms with Crippen LogP contribution in [0, 0.1) is 5.92 Å². The van der Waals surface area contributed by atoms with E-state index in [0.717, 1.165) is 17.1 Å². The maximum Gasteiger partial charge on any atom is 0.253 e. The number of phenols is 2. The Morgan fingerprint density at radius 3 is 2.38 bits per heavy atom. The van der Waals surface area contributed by atoms with Crippen LogP contribution in [-0.4, -0.2) is 156 Å². The molecule has 4 heterocycles. The number of amides is 6. The van der Waals surface area contributed by atoms with Gasteiger partial charge in [0.2, 0.25) is 29.4 Å². The van der Waals surface area contributed by atoms with E-state index >= 15 is 0 Å². The number of methoxy groups -OCH3 is 1. The lowest BCUT2D eigenvalue weighted by molar-refractivity contribution is -0.255. The van der Waals surface area contributed by atoms with Crippen LogP contribution < -0.4 is 26.0 Å². The highest BCUT2D eigenvalue weighted by atomic mass is 16.7. The van der Waals surface area contributed by atoms with E-state index in [0.29, 0.717) is 39.0 Å². The van der Waals surface area contributed by atoms with Crippen molar-refractivity contribution in [1.82, 2.24) is 31.1 Å². The number of nitrogens with one attached hydrogen (secondary N) is 4. The first kappa shape index (κ1) is 48.2. The molecular formula is C47H56N6O15. The fourth-order valence-electron chi connectivity index (χ4n) is 9.75. The van der Waals surface area contributed by atoms with E-state index in [1.54, 1.807) is 6.07 Å². The van der Waals surface area contributed by atoms with Crippen LogP contribution in [0.4, 0.5) is 0 Å². The van der Waals surface area contributed by atoms with Gasteiger partial charge in [0, 0.05) is 79.8 Å². The Morgan fingerprint density at radius 2 is 1.68 bits per heavy atom. The molecule has 6 aliphatic rings. The number of morpholine rings is 1. The molecule has 21 nitrogen and oxygen atoms in total. The van der Waals surface area contributed by atoms with E-state index in [-0.39, 0.29) is 84.8 Å². The zero-order valence-electron chi connectivity index (χ0n) is 38.2. The number of ketones is 2. The molecule has 4 aliphatic heterocycles. The number of fused-ring (bicyclic) bond motifs is 3. The van der Waals surface area contributed by atoms with Gasteiger partial charge >= 0.3 is 0 Å². The highest BCUT2D eigenvalue weighted by molar-refractivity contribution is 6.31. The Bertz CT molecular complexity index is 2420. The van der Waals surface area contributed by atoms with Gasteiger partial charge in [0.15, 0.2) is 12.1 Å². The minimum Gasteiger partial charge on any atom is -0.507 e. The average Bonchev–Trinajstić information content (AvgIpc) is 3.93. The first-order valence-electron chi connectivity index (χ1n) is 22.9. The van der Waals surface area contributed by atoms with Crippen LogP contribution in [0.1, 0.15) is 102 Å². The summed E-state index contributed by atoms with van der Waals surface area (Å²) in [5.74, 6) is -6.40. The second kappa shape index (κ2) is 20.1. The van der Waals surface area contributed by atoms with Gasteiger partial charge in [-0.15, -0.1) is 0 Å². The second-order valence-corrected chi connectivity index (χ2v) is 17.9. The topological polar surface area (TPSA) is 278 Å². The Hall–Kier alpha value is -6.26. The molecular weight excluding hydrogens is 889 g/mol. The lowest BCUT2D eigenvalue weighted by atomic mass is 9.74. The van der Waals surface area contributed by atoms with Gasteiger partial charge in [0.1, 0.15) is 35.6 Å². The van der Waals surface area contributed by atoms with Crippen molar-refractivity contribution >= 4 is 47.0 Å². The largest absolute Gasteiger partial charge is 0.507 e. The molecule has 6 N–H and O–H groups in total. The molecule has 0 radical (unpaired) electrons. The van der Waals surface area contributed by atoms with Crippen molar-refractivity contribution in [2.24, 2.45) is 5.92 Å². The summed E-state index contributed by atoms with van der Waals surface area (Å²) in [5.41, 5.74) is -0.700. The van der Waals surface area contributed by atoms with E-state index in [4.69, 9.17) is 23.7 Å². The van der Waals surface area contributed by atoms with Gasteiger partial charge in [-0.1, -0.05) is 12.1 Å². The molecule has 0 aromatic heterocycles. The number of rotatable bonds is 14. The Balaban J connectivity index is 0.938. The molecule has 364 valence electrons. The van der Waals surface area contributed by atoms with Crippen molar-refractivity contribution in [3.05, 3.63) is 63.7 Å². The zero-order chi connectivity index (χ0) is 48.6. The summed E-state index contributed by atoms with van der Waals surface area (Å²) in [5, 5.41) is 35.4. The highest BCUT2D eigenvalue weighted by Gasteiger charge is 2.46. The van der Waals surface area contributed by atoms with Crippen LogP contribution in [0.15, 0.2) is 30.4 Å². The van der Waals surface area contributed by atoms with Gasteiger partial charge in [0.05, 0.1) is 55.3 Å². The summed E-state index contributed by atoms with van der Waals surface area (Å²) in [6.07, 6.45) is 0.178. The summed E-state index contributed by atoms with van der Waals surface area (Å²) in [6, 6.07) is 1.96. The van der Waals surface area contributed by atoms with Gasteiger partial charge in [0.25, 0.3) is 11.8 Å². The number of ether oxygens (including phenoxy) is 5. The third kappa shape index (κ3) is 9.70. The summed E-state index contributed by atoms with van der Waals surface area (Å²) < 4.78 is 30.0. The molecule has 9 atom stereocenters. The smallest absolute Gasteiger partial charge is 0.253 e. The highest BCUT2D eigenvalue weighted by Crippen LogP contribution is 2.52. The Kier molecular flexibility index (Phi) is 14.3.